The zero-order valence-electron chi connectivity index (χ0n) is 18.9. The quantitative estimate of drug-likeness (QED) is 0.564. The van der Waals surface area contributed by atoms with Crippen molar-refractivity contribution in [1.29, 1.82) is 0 Å². The van der Waals surface area contributed by atoms with Crippen LogP contribution in [0.15, 0.2) is 65.9 Å². The Morgan fingerprint density at radius 3 is 2.36 bits per heavy atom. The lowest BCUT2D eigenvalue weighted by molar-refractivity contribution is -0.144. The molecule has 0 saturated carbocycles. The van der Waals surface area contributed by atoms with Crippen LogP contribution >= 0.6 is 0 Å². The molecule has 0 fully saturated rings. The van der Waals surface area contributed by atoms with E-state index < -0.39 is 24.0 Å². The van der Waals surface area contributed by atoms with E-state index in [2.05, 4.69) is 10.6 Å². The molecular weight excluding hydrogens is 424 g/mol. The van der Waals surface area contributed by atoms with Crippen LogP contribution in [0, 0.1) is 0 Å². The molecular formula is C25H28N2O6. The van der Waals surface area contributed by atoms with Gasteiger partial charge in [0.2, 0.25) is 0 Å². The van der Waals surface area contributed by atoms with E-state index in [9.17, 15) is 14.4 Å². The Balaban J connectivity index is 1.80. The maximum atomic E-state index is 12.8. The smallest absolute Gasteiger partial charge is 0.338 e. The molecule has 3 rings (SSSR count). The maximum absolute atomic E-state index is 12.8. The van der Waals surface area contributed by atoms with Gasteiger partial charge in [-0.05, 0) is 36.1 Å². The molecule has 8 heteroatoms. The average molecular weight is 453 g/mol. The molecule has 1 aliphatic rings. The number of methoxy groups -OCH3 is 1. The average Bonchev–Trinajstić information content (AvgIpc) is 2.83. The van der Waals surface area contributed by atoms with E-state index in [4.69, 9.17) is 14.2 Å². The van der Waals surface area contributed by atoms with Gasteiger partial charge in [0.15, 0.2) is 0 Å². The standard InChI is InChI=1S/C25H28N2O6/c1-4-32-24(29)22-20(15-33-21(28)14-16(2)17-8-6-5-7-9-17)26-25(30)27-23(22)18-10-12-19(31-3)13-11-18/h5-13,16,23H,4,14-15H2,1-3H3,(H2,26,27,30). The van der Waals surface area contributed by atoms with Crippen molar-refractivity contribution >= 4 is 18.0 Å². The Bertz CT molecular complexity index is 1020. The van der Waals surface area contributed by atoms with E-state index in [0.29, 0.717) is 11.3 Å². The third-order valence-electron chi connectivity index (χ3n) is 5.32. The first-order valence-electron chi connectivity index (χ1n) is 10.7. The van der Waals surface area contributed by atoms with Crippen molar-refractivity contribution in [2.45, 2.75) is 32.2 Å². The lowest BCUT2D eigenvalue weighted by Crippen LogP contribution is -2.47. The molecule has 0 saturated heterocycles. The van der Waals surface area contributed by atoms with Crippen molar-refractivity contribution in [1.82, 2.24) is 10.6 Å². The number of esters is 2. The summed E-state index contributed by atoms with van der Waals surface area (Å²) in [4.78, 5) is 37.6. The number of ether oxygens (including phenoxy) is 3. The summed E-state index contributed by atoms with van der Waals surface area (Å²) in [7, 11) is 1.55. The summed E-state index contributed by atoms with van der Waals surface area (Å²) >= 11 is 0. The fourth-order valence-corrected chi connectivity index (χ4v) is 3.59. The molecule has 0 aromatic heterocycles. The van der Waals surface area contributed by atoms with Crippen molar-refractivity contribution in [2.24, 2.45) is 0 Å². The fraction of sp³-hybridized carbons (Fsp3) is 0.320. The predicted octanol–water partition coefficient (Wildman–Crippen LogP) is 3.60. The zero-order chi connectivity index (χ0) is 23.8. The maximum Gasteiger partial charge on any atom is 0.338 e. The van der Waals surface area contributed by atoms with E-state index in [1.54, 1.807) is 38.3 Å². The summed E-state index contributed by atoms with van der Waals surface area (Å²) in [5, 5.41) is 5.34. The third-order valence-corrected chi connectivity index (χ3v) is 5.32. The molecule has 1 heterocycles. The van der Waals surface area contributed by atoms with Crippen LogP contribution in [0.2, 0.25) is 0 Å². The highest BCUT2D eigenvalue weighted by molar-refractivity contribution is 5.95. The molecule has 2 atom stereocenters. The molecule has 2 unspecified atom stereocenters. The van der Waals surface area contributed by atoms with Crippen LogP contribution in [0.4, 0.5) is 4.79 Å². The van der Waals surface area contributed by atoms with Gasteiger partial charge in [-0.1, -0.05) is 49.4 Å². The largest absolute Gasteiger partial charge is 0.497 e. The van der Waals surface area contributed by atoms with Gasteiger partial charge in [-0.3, -0.25) is 4.79 Å². The van der Waals surface area contributed by atoms with Crippen LogP contribution in [-0.2, 0) is 19.1 Å². The monoisotopic (exact) mass is 452 g/mol. The molecule has 33 heavy (non-hydrogen) atoms. The lowest BCUT2D eigenvalue weighted by atomic mass is 9.95. The molecule has 2 aromatic rings. The van der Waals surface area contributed by atoms with Crippen molar-refractivity contribution in [3.8, 4) is 5.75 Å². The summed E-state index contributed by atoms with van der Waals surface area (Å²) < 4.78 is 15.8. The summed E-state index contributed by atoms with van der Waals surface area (Å²) in [6.45, 7) is 3.54. The Morgan fingerprint density at radius 1 is 1.03 bits per heavy atom. The van der Waals surface area contributed by atoms with Gasteiger partial charge in [0.1, 0.15) is 12.4 Å². The van der Waals surface area contributed by atoms with E-state index >= 15 is 0 Å². The van der Waals surface area contributed by atoms with Crippen LogP contribution in [0.5, 0.6) is 5.75 Å². The number of hydrogen-bond donors (Lipinski definition) is 2. The normalized spacial score (nSPS) is 16.3. The number of amides is 2. The number of urea groups is 1. The molecule has 0 bridgehead atoms. The molecule has 2 amide bonds. The summed E-state index contributed by atoms with van der Waals surface area (Å²) in [6, 6.07) is 15.3. The topological polar surface area (TPSA) is 103 Å². The highest BCUT2D eigenvalue weighted by Crippen LogP contribution is 2.29. The molecule has 0 spiro atoms. The van der Waals surface area contributed by atoms with Gasteiger partial charge in [-0.15, -0.1) is 0 Å². The van der Waals surface area contributed by atoms with E-state index in [1.165, 1.54) is 0 Å². The Labute approximate surface area is 192 Å². The summed E-state index contributed by atoms with van der Waals surface area (Å²) in [6.07, 6.45) is 0.167. The highest BCUT2D eigenvalue weighted by atomic mass is 16.5. The molecule has 0 radical (unpaired) electrons. The van der Waals surface area contributed by atoms with Gasteiger partial charge in [0, 0.05) is 0 Å². The van der Waals surface area contributed by atoms with Crippen molar-refractivity contribution in [3.05, 3.63) is 77.0 Å². The zero-order valence-corrected chi connectivity index (χ0v) is 18.9. The first-order chi connectivity index (χ1) is 15.9. The summed E-state index contributed by atoms with van der Waals surface area (Å²) in [5.74, 6) is -0.431. The number of benzene rings is 2. The van der Waals surface area contributed by atoms with Crippen LogP contribution < -0.4 is 15.4 Å². The first-order valence-corrected chi connectivity index (χ1v) is 10.7. The predicted molar refractivity (Wildman–Crippen MR) is 121 cm³/mol. The first kappa shape index (κ1) is 23.8. The van der Waals surface area contributed by atoms with Gasteiger partial charge in [0.25, 0.3) is 0 Å². The van der Waals surface area contributed by atoms with Gasteiger partial charge < -0.3 is 24.8 Å². The second-order valence-corrected chi connectivity index (χ2v) is 7.59. The molecule has 1 aliphatic heterocycles. The van der Waals surface area contributed by atoms with Crippen molar-refractivity contribution in [3.63, 3.8) is 0 Å². The third kappa shape index (κ3) is 6.12. The van der Waals surface area contributed by atoms with Gasteiger partial charge in [-0.25, -0.2) is 9.59 Å². The van der Waals surface area contributed by atoms with E-state index in [-0.39, 0.29) is 36.8 Å². The molecule has 2 aromatic carbocycles. The van der Waals surface area contributed by atoms with Crippen molar-refractivity contribution in [2.75, 3.05) is 20.3 Å². The minimum atomic E-state index is -0.763. The van der Waals surface area contributed by atoms with Crippen LogP contribution in [0.1, 0.15) is 43.4 Å². The van der Waals surface area contributed by atoms with Gasteiger partial charge in [-0.2, -0.15) is 0 Å². The number of hydrogen-bond acceptors (Lipinski definition) is 6. The number of rotatable bonds is 9. The van der Waals surface area contributed by atoms with Crippen LogP contribution in [0.25, 0.3) is 0 Å². The minimum Gasteiger partial charge on any atom is -0.497 e. The Hall–Kier alpha value is -3.81. The molecule has 0 aliphatic carbocycles. The van der Waals surface area contributed by atoms with Gasteiger partial charge in [0.05, 0.1) is 37.4 Å². The van der Waals surface area contributed by atoms with E-state index in [0.717, 1.165) is 5.56 Å². The second kappa shape index (κ2) is 11.2. The minimum absolute atomic E-state index is 0.0353. The van der Waals surface area contributed by atoms with Gasteiger partial charge >= 0.3 is 18.0 Å². The summed E-state index contributed by atoms with van der Waals surface area (Å²) in [5.41, 5.74) is 2.06. The number of carbonyl (C=O) groups excluding carboxylic acids is 3. The Kier molecular flexibility index (Phi) is 8.07. The SMILES string of the molecule is CCOC(=O)C1=C(COC(=O)CC(C)c2ccccc2)NC(=O)NC1c1ccc(OC)cc1. The Morgan fingerprint density at radius 2 is 1.73 bits per heavy atom. The number of nitrogens with one attached hydrogen (secondary N) is 2. The molecule has 8 nitrogen and oxygen atoms in total. The second-order valence-electron chi connectivity index (χ2n) is 7.59. The fourth-order valence-electron chi connectivity index (χ4n) is 3.59. The molecule has 174 valence electrons. The highest BCUT2D eigenvalue weighted by Gasteiger charge is 2.34. The number of carbonyl (C=O) groups is 3. The van der Waals surface area contributed by atoms with Crippen molar-refractivity contribution < 1.29 is 28.6 Å². The van der Waals surface area contributed by atoms with E-state index in [1.807, 2.05) is 37.3 Å². The molecule has 2 N–H and O–H groups in total. The van der Waals surface area contributed by atoms with Crippen LogP contribution in [0.3, 0.4) is 0 Å². The van der Waals surface area contributed by atoms with Crippen LogP contribution in [-0.4, -0.2) is 38.3 Å². The lowest BCUT2D eigenvalue weighted by Gasteiger charge is -2.29.